The van der Waals surface area contributed by atoms with Crippen molar-refractivity contribution in [2.24, 2.45) is 0 Å². The molecular weight excluding hydrogens is 289 g/mol. The predicted octanol–water partition coefficient (Wildman–Crippen LogP) is 4.53. The third-order valence-corrected chi connectivity index (χ3v) is 3.56. The number of anilines is 1. The Morgan fingerprint density at radius 1 is 1.06 bits per heavy atom. The van der Waals surface area contributed by atoms with Crippen molar-refractivity contribution in [1.82, 2.24) is 0 Å². The van der Waals surface area contributed by atoms with Gasteiger partial charge in [-0.1, -0.05) is 41.4 Å². The molecular formula is C13H9Cl2NOS. The molecule has 92 valence electrons. The number of carbonyl (C=O) groups is 1. The molecule has 5 heteroatoms. The van der Waals surface area contributed by atoms with E-state index in [-0.39, 0.29) is 5.91 Å². The molecule has 0 atom stereocenters. The fourth-order valence-corrected chi connectivity index (χ4v) is 2.07. The van der Waals surface area contributed by atoms with E-state index in [0.29, 0.717) is 26.2 Å². The molecule has 2 aromatic carbocycles. The molecule has 18 heavy (non-hydrogen) atoms. The number of halogens is 2. The SMILES string of the molecule is O=C(Nc1cccc(Cl)c1Cl)c1ccccc1S. The molecule has 0 fully saturated rings. The standard InChI is InChI=1S/C13H9Cl2NOS/c14-9-5-3-6-10(12(9)15)16-13(17)8-4-1-2-7-11(8)18/h1-7,18H,(H,16,17). The van der Waals surface area contributed by atoms with Crippen LogP contribution in [0, 0.1) is 0 Å². The summed E-state index contributed by atoms with van der Waals surface area (Å²) in [5, 5.41) is 3.42. The molecule has 1 amide bonds. The summed E-state index contributed by atoms with van der Waals surface area (Å²) in [6.07, 6.45) is 0. The van der Waals surface area contributed by atoms with Gasteiger partial charge in [-0.15, -0.1) is 12.6 Å². The first-order valence-corrected chi connectivity index (χ1v) is 6.33. The summed E-state index contributed by atoms with van der Waals surface area (Å²) in [7, 11) is 0. The molecule has 2 rings (SSSR count). The van der Waals surface area contributed by atoms with Crippen LogP contribution in [-0.4, -0.2) is 5.91 Å². The number of benzene rings is 2. The number of thiol groups is 1. The molecule has 0 unspecified atom stereocenters. The zero-order valence-corrected chi connectivity index (χ0v) is 11.6. The maximum Gasteiger partial charge on any atom is 0.256 e. The maximum atomic E-state index is 12.0. The molecule has 0 aliphatic carbocycles. The molecule has 0 bridgehead atoms. The summed E-state index contributed by atoms with van der Waals surface area (Å²) in [5.74, 6) is -0.273. The van der Waals surface area contributed by atoms with Crippen LogP contribution >= 0.6 is 35.8 Å². The van der Waals surface area contributed by atoms with Crippen molar-refractivity contribution < 1.29 is 4.79 Å². The van der Waals surface area contributed by atoms with Gasteiger partial charge >= 0.3 is 0 Å². The third-order valence-electron chi connectivity index (χ3n) is 2.35. The molecule has 2 aromatic rings. The van der Waals surface area contributed by atoms with Crippen LogP contribution in [0.1, 0.15) is 10.4 Å². The Bertz CT molecular complexity index is 601. The Morgan fingerprint density at radius 2 is 1.78 bits per heavy atom. The molecule has 1 N–H and O–H groups in total. The fourth-order valence-electron chi connectivity index (χ4n) is 1.46. The van der Waals surface area contributed by atoms with Crippen LogP contribution in [0.3, 0.4) is 0 Å². The van der Waals surface area contributed by atoms with Gasteiger partial charge in [0, 0.05) is 4.90 Å². The van der Waals surface area contributed by atoms with E-state index in [4.69, 9.17) is 23.2 Å². The molecule has 0 aliphatic heterocycles. The minimum atomic E-state index is -0.273. The number of hydrogen-bond acceptors (Lipinski definition) is 2. The zero-order valence-electron chi connectivity index (χ0n) is 9.15. The quantitative estimate of drug-likeness (QED) is 0.783. The van der Waals surface area contributed by atoms with E-state index in [1.807, 2.05) is 6.07 Å². The first kappa shape index (κ1) is 13.3. The van der Waals surface area contributed by atoms with E-state index in [9.17, 15) is 4.79 Å². The average Bonchev–Trinajstić information content (AvgIpc) is 2.35. The van der Waals surface area contributed by atoms with Crippen molar-refractivity contribution >= 4 is 47.4 Å². The van der Waals surface area contributed by atoms with Gasteiger partial charge in [0.05, 0.1) is 21.3 Å². The lowest BCUT2D eigenvalue weighted by molar-refractivity contribution is 0.102. The Morgan fingerprint density at radius 3 is 2.50 bits per heavy atom. The highest BCUT2D eigenvalue weighted by atomic mass is 35.5. The van der Waals surface area contributed by atoms with Gasteiger partial charge in [0.1, 0.15) is 0 Å². The summed E-state index contributed by atoms with van der Waals surface area (Å²) in [6.45, 7) is 0. The predicted molar refractivity (Wildman–Crippen MR) is 78.1 cm³/mol. The molecule has 2 nitrogen and oxygen atoms in total. The average molecular weight is 298 g/mol. The van der Waals surface area contributed by atoms with Gasteiger partial charge in [-0.25, -0.2) is 0 Å². The van der Waals surface area contributed by atoms with Crippen LogP contribution in [0.2, 0.25) is 10.0 Å². The highest BCUT2D eigenvalue weighted by molar-refractivity contribution is 7.80. The van der Waals surface area contributed by atoms with Crippen LogP contribution < -0.4 is 5.32 Å². The fraction of sp³-hybridized carbons (Fsp3) is 0. The number of rotatable bonds is 2. The second kappa shape index (κ2) is 5.65. The lowest BCUT2D eigenvalue weighted by Gasteiger charge is -2.09. The second-order valence-corrected chi connectivity index (χ2v) is 4.84. The topological polar surface area (TPSA) is 29.1 Å². The van der Waals surface area contributed by atoms with Gasteiger partial charge in [-0.2, -0.15) is 0 Å². The van der Waals surface area contributed by atoms with E-state index in [0.717, 1.165) is 0 Å². The van der Waals surface area contributed by atoms with Crippen molar-refractivity contribution in [3.05, 3.63) is 58.1 Å². The van der Waals surface area contributed by atoms with E-state index < -0.39 is 0 Å². The van der Waals surface area contributed by atoms with Crippen molar-refractivity contribution in [2.75, 3.05) is 5.32 Å². The van der Waals surface area contributed by atoms with Crippen LogP contribution in [0.5, 0.6) is 0 Å². The Labute approximate surface area is 120 Å². The number of hydrogen-bond donors (Lipinski definition) is 2. The zero-order chi connectivity index (χ0) is 13.1. The van der Waals surface area contributed by atoms with Crippen molar-refractivity contribution in [3.63, 3.8) is 0 Å². The minimum absolute atomic E-state index is 0.273. The highest BCUT2D eigenvalue weighted by Crippen LogP contribution is 2.30. The molecule has 0 aromatic heterocycles. The maximum absolute atomic E-state index is 12.0. The monoisotopic (exact) mass is 297 g/mol. The van der Waals surface area contributed by atoms with Gasteiger partial charge in [0.25, 0.3) is 5.91 Å². The van der Waals surface area contributed by atoms with Gasteiger partial charge < -0.3 is 5.32 Å². The second-order valence-electron chi connectivity index (χ2n) is 3.57. The lowest BCUT2D eigenvalue weighted by atomic mass is 10.2. The molecule has 0 saturated carbocycles. The smallest absolute Gasteiger partial charge is 0.256 e. The van der Waals surface area contributed by atoms with Crippen LogP contribution in [0.4, 0.5) is 5.69 Å². The van der Waals surface area contributed by atoms with Crippen LogP contribution in [0.15, 0.2) is 47.4 Å². The summed E-state index contributed by atoms with van der Waals surface area (Å²) < 4.78 is 0. The Kier molecular flexibility index (Phi) is 4.17. The highest BCUT2D eigenvalue weighted by Gasteiger charge is 2.11. The van der Waals surface area contributed by atoms with Crippen molar-refractivity contribution in [2.45, 2.75) is 4.90 Å². The molecule has 0 spiro atoms. The normalized spacial score (nSPS) is 10.2. The number of amides is 1. The third kappa shape index (κ3) is 2.80. The summed E-state index contributed by atoms with van der Waals surface area (Å²) in [4.78, 5) is 12.6. The van der Waals surface area contributed by atoms with Gasteiger partial charge in [0.2, 0.25) is 0 Å². The van der Waals surface area contributed by atoms with E-state index >= 15 is 0 Å². The largest absolute Gasteiger partial charge is 0.321 e. The van der Waals surface area contributed by atoms with Crippen molar-refractivity contribution in [3.8, 4) is 0 Å². The molecule has 0 heterocycles. The Hall–Kier alpha value is -1.16. The molecule has 0 radical (unpaired) electrons. The Balaban J connectivity index is 2.27. The van der Waals surface area contributed by atoms with Crippen LogP contribution in [-0.2, 0) is 0 Å². The van der Waals surface area contributed by atoms with Gasteiger partial charge in [-0.3, -0.25) is 4.79 Å². The lowest BCUT2D eigenvalue weighted by Crippen LogP contribution is -2.12. The first-order valence-electron chi connectivity index (χ1n) is 5.13. The first-order chi connectivity index (χ1) is 8.59. The minimum Gasteiger partial charge on any atom is -0.321 e. The molecule has 0 saturated heterocycles. The number of carbonyl (C=O) groups excluding carboxylic acids is 1. The van der Waals surface area contributed by atoms with Gasteiger partial charge in [-0.05, 0) is 24.3 Å². The van der Waals surface area contributed by atoms with E-state index in [1.54, 1.807) is 36.4 Å². The van der Waals surface area contributed by atoms with Gasteiger partial charge in [0.15, 0.2) is 0 Å². The number of nitrogens with one attached hydrogen (secondary N) is 1. The summed E-state index contributed by atoms with van der Waals surface area (Å²) in [6, 6.07) is 12.1. The van der Waals surface area contributed by atoms with Crippen molar-refractivity contribution in [1.29, 1.82) is 0 Å². The summed E-state index contributed by atoms with van der Waals surface area (Å²) >= 11 is 16.1. The van der Waals surface area contributed by atoms with Crippen LogP contribution in [0.25, 0.3) is 0 Å². The molecule has 0 aliphatic rings. The van der Waals surface area contributed by atoms with E-state index in [2.05, 4.69) is 17.9 Å². The summed E-state index contributed by atoms with van der Waals surface area (Å²) in [5.41, 5.74) is 0.961. The van der Waals surface area contributed by atoms with E-state index in [1.165, 1.54) is 0 Å².